The lowest BCUT2D eigenvalue weighted by molar-refractivity contribution is -0.136. The lowest BCUT2D eigenvalue weighted by Crippen LogP contribution is -2.13. The van der Waals surface area contributed by atoms with Gasteiger partial charge >= 0.3 is 5.97 Å². The molecule has 0 heterocycles. The summed E-state index contributed by atoms with van der Waals surface area (Å²) in [6.45, 7) is 3.66. The predicted molar refractivity (Wildman–Crippen MR) is 53.0 cm³/mol. The first-order valence-electron chi connectivity index (χ1n) is 4.24. The average molecular weight is 200 g/mol. The van der Waals surface area contributed by atoms with Crippen LogP contribution < -0.4 is 0 Å². The second-order valence-electron chi connectivity index (χ2n) is 2.70. The molecule has 0 rings (SSSR count). The molecule has 0 aromatic carbocycles. The van der Waals surface area contributed by atoms with Gasteiger partial charge < -0.3 is 14.6 Å². The Bertz CT molecular complexity index is 220. The normalized spacial score (nSPS) is 12.7. The molecule has 1 atom stereocenters. The van der Waals surface area contributed by atoms with Crippen LogP contribution in [0.1, 0.15) is 12.8 Å². The van der Waals surface area contributed by atoms with Gasteiger partial charge in [-0.2, -0.15) is 0 Å². The van der Waals surface area contributed by atoms with E-state index >= 15 is 0 Å². The Balaban J connectivity index is 3.89. The van der Waals surface area contributed by atoms with Crippen molar-refractivity contribution in [3.63, 3.8) is 0 Å². The molecule has 1 unspecified atom stereocenters. The molecule has 0 spiro atoms. The summed E-state index contributed by atoms with van der Waals surface area (Å²) in [6.07, 6.45) is 3.70. The molecule has 80 valence electrons. The summed E-state index contributed by atoms with van der Waals surface area (Å²) < 4.78 is 10.00. The zero-order chi connectivity index (χ0) is 11.0. The zero-order valence-electron chi connectivity index (χ0n) is 8.53. The van der Waals surface area contributed by atoms with E-state index in [1.165, 1.54) is 7.11 Å². The number of hydrogen-bond acceptors (Lipinski definition) is 3. The third-order valence-electron chi connectivity index (χ3n) is 1.72. The van der Waals surface area contributed by atoms with E-state index in [9.17, 15) is 4.79 Å². The largest absolute Gasteiger partial charge is 0.499 e. The van der Waals surface area contributed by atoms with Crippen LogP contribution in [0.25, 0.3) is 0 Å². The number of aliphatic carboxylic acids is 1. The van der Waals surface area contributed by atoms with Crippen LogP contribution in [0.3, 0.4) is 0 Å². The summed E-state index contributed by atoms with van der Waals surface area (Å²) in [4.78, 5) is 10.2. The van der Waals surface area contributed by atoms with Crippen molar-refractivity contribution in [3.8, 4) is 0 Å². The minimum absolute atomic E-state index is 0.0237. The smallest absolute Gasteiger partial charge is 0.307 e. The third kappa shape index (κ3) is 5.37. The van der Waals surface area contributed by atoms with E-state index in [1.54, 1.807) is 19.3 Å². The quantitative estimate of drug-likeness (QED) is 0.500. The Morgan fingerprint density at radius 3 is 2.57 bits per heavy atom. The molecule has 14 heavy (non-hydrogen) atoms. The van der Waals surface area contributed by atoms with Crippen molar-refractivity contribution in [2.24, 2.45) is 0 Å². The number of carboxylic acids is 1. The van der Waals surface area contributed by atoms with Gasteiger partial charge in [0.1, 0.15) is 11.9 Å². The molecule has 0 aliphatic heterocycles. The zero-order valence-corrected chi connectivity index (χ0v) is 8.53. The van der Waals surface area contributed by atoms with Gasteiger partial charge in [-0.3, -0.25) is 4.79 Å². The highest BCUT2D eigenvalue weighted by Crippen LogP contribution is 2.09. The highest BCUT2D eigenvalue weighted by atomic mass is 16.5. The summed E-state index contributed by atoms with van der Waals surface area (Å²) >= 11 is 0. The van der Waals surface area contributed by atoms with E-state index in [0.717, 1.165) is 0 Å². The molecule has 4 nitrogen and oxygen atoms in total. The maximum absolute atomic E-state index is 10.2. The maximum atomic E-state index is 10.2. The summed E-state index contributed by atoms with van der Waals surface area (Å²) in [5.74, 6) is -0.312. The van der Waals surface area contributed by atoms with Crippen LogP contribution in [-0.4, -0.2) is 31.4 Å². The van der Waals surface area contributed by atoms with Crippen molar-refractivity contribution in [1.82, 2.24) is 0 Å². The fourth-order valence-electron chi connectivity index (χ4n) is 0.895. The third-order valence-corrected chi connectivity index (χ3v) is 1.72. The molecule has 0 fully saturated rings. The molecule has 0 aromatic rings. The molecule has 4 heteroatoms. The van der Waals surface area contributed by atoms with E-state index in [0.29, 0.717) is 12.2 Å². The van der Waals surface area contributed by atoms with E-state index in [-0.39, 0.29) is 12.5 Å². The maximum Gasteiger partial charge on any atom is 0.307 e. The monoisotopic (exact) mass is 200 g/mol. The van der Waals surface area contributed by atoms with Crippen LogP contribution in [-0.2, 0) is 14.3 Å². The molecule has 0 amide bonds. The van der Waals surface area contributed by atoms with Crippen LogP contribution >= 0.6 is 0 Å². The Morgan fingerprint density at radius 1 is 1.50 bits per heavy atom. The Labute approximate surface area is 83.8 Å². The number of hydrogen-bond donors (Lipinski definition) is 1. The van der Waals surface area contributed by atoms with Crippen LogP contribution in [0.4, 0.5) is 0 Å². The van der Waals surface area contributed by atoms with Gasteiger partial charge in [0, 0.05) is 7.11 Å². The number of ether oxygens (including phenoxy) is 2. The first kappa shape index (κ1) is 12.7. The van der Waals surface area contributed by atoms with E-state index in [2.05, 4.69) is 6.58 Å². The van der Waals surface area contributed by atoms with Crippen molar-refractivity contribution in [2.75, 3.05) is 14.2 Å². The molecular weight excluding hydrogens is 184 g/mol. The van der Waals surface area contributed by atoms with Gasteiger partial charge in [-0.15, -0.1) is 0 Å². The lowest BCUT2D eigenvalue weighted by atomic mass is 10.2. The first-order valence-corrected chi connectivity index (χ1v) is 4.24. The molecule has 0 aliphatic rings. The van der Waals surface area contributed by atoms with Gasteiger partial charge in [0.05, 0.1) is 13.5 Å². The SMILES string of the molecule is C=C(OC)C(CC=CCC(=O)O)OC. The molecule has 0 saturated heterocycles. The van der Waals surface area contributed by atoms with Gasteiger partial charge in [-0.05, 0) is 6.42 Å². The van der Waals surface area contributed by atoms with Crippen molar-refractivity contribution >= 4 is 5.97 Å². The molecular formula is C10H16O4. The highest BCUT2D eigenvalue weighted by molar-refractivity contribution is 5.68. The molecule has 0 bridgehead atoms. The lowest BCUT2D eigenvalue weighted by Gasteiger charge is -2.14. The Kier molecular flexibility index (Phi) is 6.49. The van der Waals surface area contributed by atoms with Gasteiger partial charge in [0.25, 0.3) is 0 Å². The molecule has 0 saturated carbocycles. The summed E-state index contributed by atoms with van der Waals surface area (Å²) in [7, 11) is 3.08. The van der Waals surface area contributed by atoms with Crippen molar-refractivity contribution < 1.29 is 19.4 Å². The fourth-order valence-corrected chi connectivity index (χ4v) is 0.895. The topological polar surface area (TPSA) is 55.8 Å². The van der Waals surface area contributed by atoms with Crippen LogP contribution in [0.15, 0.2) is 24.5 Å². The molecule has 0 radical (unpaired) electrons. The van der Waals surface area contributed by atoms with E-state index < -0.39 is 5.97 Å². The molecule has 1 N–H and O–H groups in total. The second-order valence-corrected chi connectivity index (χ2v) is 2.70. The second kappa shape index (κ2) is 7.15. The van der Waals surface area contributed by atoms with Crippen LogP contribution in [0, 0.1) is 0 Å². The van der Waals surface area contributed by atoms with Gasteiger partial charge in [-0.1, -0.05) is 18.7 Å². The number of carboxylic acid groups (broad SMARTS) is 1. The van der Waals surface area contributed by atoms with Crippen molar-refractivity contribution in [1.29, 1.82) is 0 Å². The van der Waals surface area contributed by atoms with Crippen molar-refractivity contribution in [2.45, 2.75) is 18.9 Å². The number of methoxy groups -OCH3 is 2. The molecule has 0 aromatic heterocycles. The first-order chi connectivity index (χ1) is 6.61. The minimum atomic E-state index is -0.846. The summed E-state index contributed by atoms with van der Waals surface area (Å²) in [5.41, 5.74) is 0. The summed E-state index contributed by atoms with van der Waals surface area (Å²) in [5, 5.41) is 8.37. The average Bonchev–Trinajstić information content (AvgIpc) is 2.16. The van der Waals surface area contributed by atoms with E-state index in [1.807, 2.05) is 0 Å². The fraction of sp³-hybridized carbons (Fsp3) is 0.500. The van der Waals surface area contributed by atoms with E-state index in [4.69, 9.17) is 14.6 Å². The van der Waals surface area contributed by atoms with Crippen LogP contribution in [0.5, 0.6) is 0 Å². The van der Waals surface area contributed by atoms with Gasteiger partial charge in [0.2, 0.25) is 0 Å². The Morgan fingerprint density at radius 2 is 2.14 bits per heavy atom. The Hall–Kier alpha value is -1.29. The number of carbonyl (C=O) groups is 1. The summed E-state index contributed by atoms with van der Waals surface area (Å²) in [6, 6.07) is 0. The van der Waals surface area contributed by atoms with Gasteiger partial charge in [0.15, 0.2) is 0 Å². The highest BCUT2D eigenvalue weighted by Gasteiger charge is 2.09. The van der Waals surface area contributed by atoms with Crippen LogP contribution in [0.2, 0.25) is 0 Å². The predicted octanol–water partition coefficient (Wildman–Crippen LogP) is 1.58. The number of rotatable bonds is 7. The van der Waals surface area contributed by atoms with Gasteiger partial charge in [-0.25, -0.2) is 0 Å². The standard InChI is InChI=1S/C10H16O4/c1-8(13-2)9(14-3)6-4-5-7-10(11)12/h4-5,9H,1,6-7H2,2-3H3,(H,11,12). The minimum Gasteiger partial charge on any atom is -0.499 e. The molecule has 0 aliphatic carbocycles. The van der Waals surface area contributed by atoms with Crippen molar-refractivity contribution in [3.05, 3.63) is 24.5 Å².